The first-order valence-corrected chi connectivity index (χ1v) is 11.5. The van der Waals surface area contributed by atoms with Crippen molar-refractivity contribution in [1.82, 2.24) is 5.01 Å². The van der Waals surface area contributed by atoms with Gasteiger partial charge in [-0.25, -0.2) is 4.99 Å². The van der Waals surface area contributed by atoms with Crippen LogP contribution < -0.4 is 10.7 Å². The van der Waals surface area contributed by atoms with Gasteiger partial charge in [-0.05, 0) is 67.3 Å². The van der Waals surface area contributed by atoms with Crippen LogP contribution in [-0.4, -0.2) is 28.2 Å². The number of amides is 2. The number of aliphatic imine (C=N–C) groups is 1. The molecule has 0 radical (unpaired) electrons. The van der Waals surface area contributed by atoms with Crippen molar-refractivity contribution in [3.63, 3.8) is 0 Å². The molecule has 32 heavy (non-hydrogen) atoms. The van der Waals surface area contributed by atoms with Gasteiger partial charge in [0.1, 0.15) is 0 Å². The molecule has 1 heterocycles. The molecule has 0 saturated carbocycles. The lowest BCUT2D eigenvalue weighted by Crippen LogP contribution is -2.42. The summed E-state index contributed by atoms with van der Waals surface area (Å²) in [6.45, 7) is 1.78. The second kappa shape index (κ2) is 9.06. The Morgan fingerprint density at radius 3 is 2.25 bits per heavy atom. The number of carbonyl (C=O) groups is 2. The SMILES string of the molecule is CSC1=N[C@](C)(c2ccc(C(=O)Nc3ccc(Cl)cc3)cc2)C(=O)N1Nc1ccccc1. The normalized spacial score (nSPS) is 17.8. The second-order valence-electron chi connectivity index (χ2n) is 7.33. The molecule has 3 aromatic carbocycles. The minimum absolute atomic E-state index is 0.191. The Morgan fingerprint density at radius 1 is 0.969 bits per heavy atom. The average molecular weight is 465 g/mol. The van der Waals surface area contributed by atoms with Crippen molar-refractivity contribution in [3.8, 4) is 0 Å². The van der Waals surface area contributed by atoms with Crippen LogP contribution in [0.3, 0.4) is 0 Å². The zero-order chi connectivity index (χ0) is 22.7. The van der Waals surface area contributed by atoms with Crippen molar-refractivity contribution < 1.29 is 9.59 Å². The maximum Gasteiger partial charge on any atom is 0.279 e. The molecule has 1 aliphatic heterocycles. The lowest BCUT2D eigenvalue weighted by molar-refractivity contribution is -0.129. The standard InChI is InChI=1S/C24H21ClN4O2S/c1-24(22(31)29(23(27-24)32-2)28-20-6-4-3-5-7-20)17-10-8-16(9-11-17)21(30)26-19-14-12-18(25)13-15-19/h3-15,28H,1-2H3,(H,26,30)/t24-/m1/s1. The third-order valence-corrected chi connectivity index (χ3v) is 6.03. The summed E-state index contributed by atoms with van der Waals surface area (Å²) in [6.07, 6.45) is 1.88. The topological polar surface area (TPSA) is 73.8 Å². The Bertz CT molecular complexity index is 1170. The number of nitrogens with zero attached hydrogens (tertiary/aromatic N) is 2. The fraction of sp³-hybridized carbons (Fsp3) is 0.125. The summed E-state index contributed by atoms with van der Waals surface area (Å²) in [5, 5.41) is 5.48. The van der Waals surface area contributed by atoms with Gasteiger partial charge in [-0.3, -0.25) is 15.0 Å². The fourth-order valence-corrected chi connectivity index (χ4v) is 4.05. The van der Waals surface area contributed by atoms with Crippen molar-refractivity contribution in [2.24, 2.45) is 4.99 Å². The first kappa shape index (κ1) is 21.9. The molecule has 6 nitrogen and oxygen atoms in total. The highest BCUT2D eigenvalue weighted by atomic mass is 35.5. The molecule has 0 saturated heterocycles. The molecule has 0 unspecified atom stereocenters. The van der Waals surface area contributed by atoms with E-state index in [1.54, 1.807) is 55.5 Å². The van der Waals surface area contributed by atoms with Crippen LogP contribution in [0.1, 0.15) is 22.8 Å². The van der Waals surface area contributed by atoms with Crippen molar-refractivity contribution in [2.45, 2.75) is 12.5 Å². The van der Waals surface area contributed by atoms with Gasteiger partial charge in [-0.15, -0.1) is 0 Å². The molecule has 4 rings (SSSR count). The number of anilines is 2. The van der Waals surface area contributed by atoms with E-state index in [0.29, 0.717) is 27.0 Å². The highest BCUT2D eigenvalue weighted by Crippen LogP contribution is 2.35. The van der Waals surface area contributed by atoms with Gasteiger partial charge in [-0.2, -0.15) is 5.01 Å². The molecular weight excluding hydrogens is 444 g/mol. The summed E-state index contributed by atoms with van der Waals surface area (Å²) in [7, 11) is 0. The molecule has 1 atom stereocenters. The second-order valence-corrected chi connectivity index (χ2v) is 8.54. The van der Waals surface area contributed by atoms with Gasteiger partial charge in [0.25, 0.3) is 11.8 Å². The van der Waals surface area contributed by atoms with E-state index in [0.717, 1.165) is 5.69 Å². The van der Waals surface area contributed by atoms with E-state index in [1.165, 1.54) is 16.8 Å². The van der Waals surface area contributed by atoms with Gasteiger partial charge in [0.05, 0.1) is 5.69 Å². The summed E-state index contributed by atoms with van der Waals surface area (Å²) in [5.41, 5.74) is 4.67. The van der Waals surface area contributed by atoms with Gasteiger partial charge in [0.15, 0.2) is 10.7 Å². The van der Waals surface area contributed by atoms with E-state index in [-0.39, 0.29) is 11.8 Å². The molecule has 0 spiro atoms. The molecule has 0 aliphatic carbocycles. The number of thioether (sulfide) groups is 1. The first-order valence-electron chi connectivity index (χ1n) is 9.88. The Morgan fingerprint density at radius 2 is 1.62 bits per heavy atom. The molecule has 2 N–H and O–H groups in total. The number of hydrogen-bond donors (Lipinski definition) is 2. The molecular formula is C24H21ClN4O2S. The number of para-hydroxylation sites is 1. The van der Waals surface area contributed by atoms with E-state index in [2.05, 4.69) is 10.7 Å². The van der Waals surface area contributed by atoms with Crippen molar-refractivity contribution >= 4 is 51.7 Å². The average Bonchev–Trinajstić information content (AvgIpc) is 3.07. The van der Waals surface area contributed by atoms with E-state index in [9.17, 15) is 9.59 Å². The van der Waals surface area contributed by atoms with Gasteiger partial charge < -0.3 is 5.32 Å². The minimum atomic E-state index is -1.09. The highest BCUT2D eigenvalue weighted by molar-refractivity contribution is 8.13. The fourth-order valence-electron chi connectivity index (χ4n) is 3.34. The number of benzene rings is 3. The lowest BCUT2D eigenvalue weighted by atomic mass is 9.91. The highest BCUT2D eigenvalue weighted by Gasteiger charge is 2.46. The van der Waals surface area contributed by atoms with E-state index < -0.39 is 5.54 Å². The van der Waals surface area contributed by atoms with Crippen molar-refractivity contribution in [2.75, 3.05) is 17.0 Å². The van der Waals surface area contributed by atoms with E-state index >= 15 is 0 Å². The molecule has 162 valence electrons. The Labute approximate surface area is 195 Å². The maximum absolute atomic E-state index is 13.3. The van der Waals surface area contributed by atoms with Gasteiger partial charge in [-0.1, -0.05) is 53.7 Å². The Hall–Kier alpha value is -3.29. The third-order valence-electron chi connectivity index (χ3n) is 5.14. The van der Waals surface area contributed by atoms with Crippen LogP contribution in [0, 0.1) is 0 Å². The largest absolute Gasteiger partial charge is 0.322 e. The Kier molecular flexibility index (Phi) is 6.21. The van der Waals surface area contributed by atoms with Gasteiger partial charge in [0, 0.05) is 16.3 Å². The summed E-state index contributed by atoms with van der Waals surface area (Å²) in [6, 6.07) is 23.3. The monoisotopic (exact) mass is 464 g/mol. The zero-order valence-electron chi connectivity index (χ0n) is 17.5. The van der Waals surface area contributed by atoms with Crippen LogP contribution in [0.2, 0.25) is 5.02 Å². The Balaban J connectivity index is 1.53. The summed E-state index contributed by atoms with van der Waals surface area (Å²) in [5.74, 6) is -0.438. The van der Waals surface area contributed by atoms with Gasteiger partial charge in [0.2, 0.25) is 0 Å². The molecule has 1 aliphatic rings. The predicted octanol–water partition coefficient (Wildman–Crippen LogP) is 5.40. The number of carbonyl (C=O) groups excluding carboxylic acids is 2. The van der Waals surface area contributed by atoms with Crippen LogP contribution in [0.4, 0.5) is 11.4 Å². The molecule has 3 aromatic rings. The number of rotatable bonds is 5. The smallest absolute Gasteiger partial charge is 0.279 e. The quantitative estimate of drug-likeness (QED) is 0.530. The number of hydrogen-bond acceptors (Lipinski definition) is 5. The molecule has 0 bridgehead atoms. The summed E-state index contributed by atoms with van der Waals surface area (Å²) in [4.78, 5) is 30.6. The predicted molar refractivity (Wildman–Crippen MR) is 131 cm³/mol. The maximum atomic E-state index is 13.3. The number of hydrazine groups is 1. The van der Waals surface area contributed by atoms with Gasteiger partial charge >= 0.3 is 0 Å². The molecule has 0 aromatic heterocycles. The van der Waals surface area contributed by atoms with E-state index in [1.807, 2.05) is 36.6 Å². The molecule has 0 fully saturated rings. The number of amidine groups is 1. The first-order chi connectivity index (χ1) is 15.4. The van der Waals surface area contributed by atoms with Crippen LogP contribution >= 0.6 is 23.4 Å². The van der Waals surface area contributed by atoms with Crippen LogP contribution in [-0.2, 0) is 10.3 Å². The zero-order valence-corrected chi connectivity index (χ0v) is 19.1. The van der Waals surface area contributed by atoms with E-state index in [4.69, 9.17) is 16.6 Å². The van der Waals surface area contributed by atoms with Crippen LogP contribution in [0.5, 0.6) is 0 Å². The number of nitrogens with one attached hydrogen (secondary N) is 2. The number of halogens is 1. The molecule has 8 heteroatoms. The molecule has 2 amide bonds. The van der Waals surface area contributed by atoms with Crippen molar-refractivity contribution in [1.29, 1.82) is 0 Å². The minimum Gasteiger partial charge on any atom is -0.322 e. The third kappa shape index (κ3) is 4.35. The van der Waals surface area contributed by atoms with Crippen LogP contribution in [0.15, 0.2) is 83.9 Å². The summed E-state index contributed by atoms with van der Waals surface area (Å²) >= 11 is 7.28. The van der Waals surface area contributed by atoms with Crippen LogP contribution in [0.25, 0.3) is 0 Å². The summed E-state index contributed by atoms with van der Waals surface area (Å²) < 4.78 is 0. The lowest BCUT2D eigenvalue weighted by Gasteiger charge is -2.24. The van der Waals surface area contributed by atoms with Crippen molar-refractivity contribution in [3.05, 3.63) is 95.0 Å².